The Bertz CT molecular complexity index is 578. The summed E-state index contributed by atoms with van der Waals surface area (Å²) in [6.07, 6.45) is 3.78. The molecule has 0 unspecified atom stereocenters. The van der Waals surface area contributed by atoms with Gasteiger partial charge in [-0.25, -0.2) is 4.79 Å². The monoisotopic (exact) mass is 354 g/mol. The van der Waals surface area contributed by atoms with Crippen LogP contribution in [0.4, 0.5) is 4.79 Å². The molecule has 1 aromatic rings. The van der Waals surface area contributed by atoms with E-state index in [0.717, 1.165) is 31.2 Å². The Morgan fingerprint density at radius 3 is 2.62 bits per heavy atom. The second kappa shape index (κ2) is 7.62. The number of hydrogen-bond donors (Lipinski definition) is 3. The molecule has 0 saturated heterocycles. The highest BCUT2D eigenvalue weighted by Gasteiger charge is 2.34. The summed E-state index contributed by atoms with van der Waals surface area (Å²) in [5, 5.41) is 16.9. The predicted octanol–water partition coefficient (Wildman–Crippen LogP) is 3.97. The summed E-state index contributed by atoms with van der Waals surface area (Å²) < 4.78 is 5.30. The van der Waals surface area contributed by atoms with Crippen LogP contribution in [0.5, 0.6) is 5.75 Å². The van der Waals surface area contributed by atoms with Gasteiger partial charge < -0.3 is 20.5 Å². The molecular formula is C18H27ClN2O3. The van der Waals surface area contributed by atoms with Crippen molar-refractivity contribution in [1.29, 1.82) is 0 Å². The number of rotatable bonds is 5. The zero-order valence-corrected chi connectivity index (χ0v) is 15.4. The van der Waals surface area contributed by atoms with Crippen molar-refractivity contribution in [3.8, 4) is 5.75 Å². The Hall–Kier alpha value is -1.46. The van der Waals surface area contributed by atoms with Gasteiger partial charge in [-0.3, -0.25) is 0 Å². The summed E-state index contributed by atoms with van der Waals surface area (Å²) in [5.74, 6) is 0.222. The predicted molar refractivity (Wildman–Crippen MR) is 95.4 cm³/mol. The maximum Gasteiger partial charge on any atom is 0.407 e. The average molecular weight is 355 g/mol. The van der Waals surface area contributed by atoms with E-state index in [1.807, 2.05) is 20.8 Å². The summed E-state index contributed by atoms with van der Waals surface area (Å²) in [6, 6.07) is 5.02. The maximum atomic E-state index is 11.9. The Kier molecular flexibility index (Phi) is 5.99. The van der Waals surface area contributed by atoms with Crippen LogP contribution >= 0.6 is 11.6 Å². The normalized spacial score (nSPS) is 16.8. The van der Waals surface area contributed by atoms with Crippen molar-refractivity contribution in [2.75, 3.05) is 6.54 Å². The number of benzene rings is 1. The lowest BCUT2D eigenvalue weighted by atomic mass is 9.97. The van der Waals surface area contributed by atoms with Crippen molar-refractivity contribution in [2.24, 2.45) is 0 Å². The van der Waals surface area contributed by atoms with Crippen LogP contribution in [0, 0.1) is 0 Å². The molecule has 1 saturated carbocycles. The van der Waals surface area contributed by atoms with Crippen LogP contribution in [0.3, 0.4) is 0 Å². The van der Waals surface area contributed by atoms with Gasteiger partial charge in [-0.2, -0.15) is 0 Å². The molecule has 0 atom stereocenters. The lowest BCUT2D eigenvalue weighted by molar-refractivity contribution is 0.0509. The number of amides is 1. The van der Waals surface area contributed by atoms with Crippen molar-refractivity contribution in [2.45, 2.75) is 64.1 Å². The van der Waals surface area contributed by atoms with Gasteiger partial charge >= 0.3 is 6.09 Å². The Morgan fingerprint density at radius 2 is 2.00 bits per heavy atom. The fourth-order valence-electron chi connectivity index (χ4n) is 3.00. The van der Waals surface area contributed by atoms with Crippen LogP contribution in [0.15, 0.2) is 18.2 Å². The van der Waals surface area contributed by atoms with Gasteiger partial charge in [0.05, 0.1) is 0 Å². The highest BCUT2D eigenvalue weighted by molar-refractivity contribution is 6.30. The van der Waals surface area contributed by atoms with E-state index >= 15 is 0 Å². The number of halogens is 1. The fraction of sp³-hybridized carbons (Fsp3) is 0.611. The van der Waals surface area contributed by atoms with Gasteiger partial charge in [-0.05, 0) is 51.8 Å². The van der Waals surface area contributed by atoms with Crippen molar-refractivity contribution in [1.82, 2.24) is 10.6 Å². The molecule has 0 heterocycles. The minimum absolute atomic E-state index is 0.175. The number of alkyl carbamates (subject to hydrolysis) is 1. The van der Waals surface area contributed by atoms with Crippen LogP contribution in [0.25, 0.3) is 0 Å². The molecule has 0 radical (unpaired) electrons. The molecule has 0 spiro atoms. The first-order valence-corrected chi connectivity index (χ1v) is 8.76. The second-order valence-electron chi connectivity index (χ2n) is 7.47. The number of hydrogen-bond acceptors (Lipinski definition) is 4. The largest absolute Gasteiger partial charge is 0.508 e. The molecule has 6 heteroatoms. The van der Waals surface area contributed by atoms with Gasteiger partial charge in [0.15, 0.2) is 0 Å². The lowest BCUT2D eigenvalue weighted by Gasteiger charge is -2.31. The minimum atomic E-state index is -0.507. The van der Waals surface area contributed by atoms with Crippen LogP contribution in [0.2, 0.25) is 5.02 Å². The van der Waals surface area contributed by atoms with Gasteiger partial charge in [0, 0.05) is 29.2 Å². The number of aromatic hydroxyl groups is 1. The average Bonchev–Trinajstić information content (AvgIpc) is 2.94. The van der Waals surface area contributed by atoms with Crippen LogP contribution in [-0.2, 0) is 11.3 Å². The standard InChI is InChI=1S/C18H27ClN2O3/c1-17(2,3)24-16(23)20-12-18(8-4-5-9-18)21-11-13-10-14(19)6-7-15(13)22/h6-7,10,21-22H,4-5,8-9,11-12H2,1-3H3,(H,20,23). The lowest BCUT2D eigenvalue weighted by Crippen LogP contribution is -2.52. The molecule has 134 valence electrons. The summed E-state index contributed by atoms with van der Waals surface area (Å²) in [5.41, 5.74) is 0.0736. The number of phenols is 1. The summed E-state index contributed by atoms with van der Waals surface area (Å²) in [6.45, 7) is 6.54. The van der Waals surface area contributed by atoms with Crippen molar-refractivity contribution >= 4 is 17.7 Å². The molecule has 0 aromatic heterocycles. The van der Waals surface area contributed by atoms with Crippen molar-refractivity contribution < 1.29 is 14.6 Å². The number of nitrogens with one attached hydrogen (secondary N) is 2. The third-order valence-electron chi connectivity index (χ3n) is 4.23. The van der Waals surface area contributed by atoms with E-state index in [0.29, 0.717) is 18.1 Å². The Morgan fingerprint density at radius 1 is 1.33 bits per heavy atom. The fourth-order valence-corrected chi connectivity index (χ4v) is 3.20. The second-order valence-corrected chi connectivity index (χ2v) is 7.91. The number of carbonyl (C=O) groups is 1. The molecular weight excluding hydrogens is 328 g/mol. The van der Waals surface area contributed by atoms with Gasteiger partial charge in [-0.15, -0.1) is 0 Å². The zero-order valence-electron chi connectivity index (χ0n) is 14.6. The topological polar surface area (TPSA) is 70.6 Å². The maximum absolute atomic E-state index is 11.9. The van der Waals surface area contributed by atoms with Crippen molar-refractivity contribution in [3.05, 3.63) is 28.8 Å². The van der Waals surface area contributed by atoms with E-state index in [2.05, 4.69) is 10.6 Å². The highest BCUT2D eigenvalue weighted by atomic mass is 35.5. The third kappa shape index (κ3) is 5.56. The van der Waals surface area contributed by atoms with E-state index in [1.165, 1.54) is 0 Å². The third-order valence-corrected chi connectivity index (χ3v) is 4.46. The van der Waals surface area contributed by atoms with Crippen LogP contribution in [-0.4, -0.2) is 28.9 Å². The van der Waals surface area contributed by atoms with E-state index in [9.17, 15) is 9.90 Å². The molecule has 24 heavy (non-hydrogen) atoms. The van der Waals surface area contributed by atoms with Crippen molar-refractivity contribution in [3.63, 3.8) is 0 Å². The molecule has 2 rings (SSSR count). The van der Waals surface area contributed by atoms with Gasteiger partial charge in [0.25, 0.3) is 0 Å². The Balaban J connectivity index is 1.95. The summed E-state index contributed by atoms with van der Waals surface area (Å²) >= 11 is 6.00. The minimum Gasteiger partial charge on any atom is -0.508 e. The van der Waals surface area contributed by atoms with E-state index < -0.39 is 11.7 Å². The van der Waals surface area contributed by atoms with Crippen LogP contribution in [0.1, 0.15) is 52.0 Å². The molecule has 1 fully saturated rings. The number of carbonyl (C=O) groups excluding carboxylic acids is 1. The molecule has 1 aliphatic rings. The molecule has 3 N–H and O–H groups in total. The molecule has 1 aliphatic carbocycles. The van der Waals surface area contributed by atoms with E-state index in [1.54, 1.807) is 18.2 Å². The van der Waals surface area contributed by atoms with E-state index in [4.69, 9.17) is 16.3 Å². The first-order valence-electron chi connectivity index (χ1n) is 8.38. The van der Waals surface area contributed by atoms with E-state index in [-0.39, 0.29) is 11.3 Å². The molecule has 0 bridgehead atoms. The molecule has 1 aromatic carbocycles. The zero-order chi connectivity index (χ0) is 17.8. The molecule has 5 nitrogen and oxygen atoms in total. The smallest absolute Gasteiger partial charge is 0.407 e. The Labute approximate surface area is 148 Å². The van der Waals surface area contributed by atoms with Gasteiger partial charge in [0.2, 0.25) is 0 Å². The first-order chi connectivity index (χ1) is 11.2. The SMILES string of the molecule is CC(C)(C)OC(=O)NCC1(NCc2cc(Cl)ccc2O)CCCC1. The summed E-state index contributed by atoms with van der Waals surface area (Å²) in [4.78, 5) is 11.9. The van der Waals surface area contributed by atoms with Crippen LogP contribution < -0.4 is 10.6 Å². The van der Waals surface area contributed by atoms with Gasteiger partial charge in [0.1, 0.15) is 11.4 Å². The molecule has 0 aliphatic heterocycles. The number of phenolic OH excluding ortho intramolecular Hbond substituents is 1. The summed E-state index contributed by atoms with van der Waals surface area (Å²) in [7, 11) is 0. The highest BCUT2D eigenvalue weighted by Crippen LogP contribution is 2.30. The molecule has 1 amide bonds. The first kappa shape index (κ1) is 18.9. The number of ether oxygens (including phenoxy) is 1. The van der Waals surface area contributed by atoms with Gasteiger partial charge in [-0.1, -0.05) is 24.4 Å². The quantitative estimate of drug-likeness (QED) is 0.748.